The van der Waals surface area contributed by atoms with Crippen LogP contribution in [0.15, 0.2) is 18.2 Å². The van der Waals surface area contributed by atoms with E-state index in [1.54, 1.807) is 0 Å². The second kappa shape index (κ2) is 7.81. The summed E-state index contributed by atoms with van der Waals surface area (Å²) in [5.74, 6) is 0.638. The van der Waals surface area contributed by atoms with E-state index in [1.165, 1.54) is 24.0 Å². The molecule has 0 saturated heterocycles. The van der Waals surface area contributed by atoms with Crippen LogP contribution in [0, 0.1) is 12.8 Å². The maximum absolute atomic E-state index is 6.25. The summed E-state index contributed by atoms with van der Waals surface area (Å²) >= 11 is 6.25. The van der Waals surface area contributed by atoms with Crippen LogP contribution < -0.4 is 5.32 Å². The van der Waals surface area contributed by atoms with Crippen molar-refractivity contribution in [3.63, 3.8) is 0 Å². The van der Waals surface area contributed by atoms with E-state index in [9.17, 15) is 0 Å². The number of hydrogen-bond acceptors (Lipinski definition) is 1. The predicted molar refractivity (Wildman–Crippen MR) is 81.3 cm³/mol. The third kappa shape index (κ3) is 4.00. The lowest BCUT2D eigenvalue weighted by Crippen LogP contribution is -2.28. The minimum atomic E-state index is 0.420. The zero-order chi connectivity index (χ0) is 13.5. The van der Waals surface area contributed by atoms with Crippen molar-refractivity contribution in [1.82, 2.24) is 5.32 Å². The van der Waals surface area contributed by atoms with Gasteiger partial charge in [-0.25, -0.2) is 0 Å². The molecule has 0 fully saturated rings. The summed E-state index contributed by atoms with van der Waals surface area (Å²) in [6.45, 7) is 9.97. The Kier molecular flexibility index (Phi) is 6.73. The molecule has 18 heavy (non-hydrogen) atoms. The van der Waals surface area contributed by atoms with Gasteiger partial charge in [-0.1, -0.05) is 50.9 Å². The molecule has 1 aromatic rings. The fourth-order valence-corrected chi connectivity index (χ4v) is 2.68. The highest BCUT2D eigenvalue weighted by Crippen LogP contribution is 2.30. The molecule has 1 nitrogen and oxygen atoms in total. The lowest BCUT2D eigenvalue weighted by Gasteiger charge is -2.27. The van der Waals surface area contributed by atoms with E-state index in [0.717, 1.165) is 18.0 Å². The highest BCUT2D eigenvalue weighted by Gasteiger charge is 2.20. The Bertz CT molecular complexity index is 362. The molecule has 1 N–H and O–H groups in total. The van der Waals surface area contributed by atoms with E-state index in [0.29, 0.717) is 12.0 Å². The molecule has 0 aliphatic carbocycles. The summed E-state index contributed by atoms with van der Waals surface area (Å²) in [5.41, 5.74) is 2.58. The molecule has 0 aliphatic heterocycles. The third-order valence-electron chi connectivity index (χ3n) is 3.57. The molecule has 1 aromatic carbocycles. The van der Waals surface area contributed by atoms with Crippen molar-refractivity contribution in [3.05, 3.63) is 34.3 Å². The Morgan fingerprint density at radius 1 is 1.22 bits per heavy atom. The third-order valence-corrected chi connectivity index (χ3v) is 3.98. The van der Waals surface area contributed by atoms with E-state index >= 15 is 0 Å². The van der Waals surface area contributed by atoms with Crippen LogP contribution in [0.25, 0.3) is 0 Å². The maximum Gasteiger partial charge on any atom is 0.0438 e. The Morgan fingerprint density at radius 3 is 2.56 bits per heavy atom. The van der Waals surface area contributed by atoms with Gasteiger partial charge >= 0.3 is 0 Å². The minimum absolute atomic E-state index is 0.420. The van der Waals surface area contributed by atoms with Crippen molar-refractivity contribution in [2.24, 2.45) is 5.92 Å². The van der Waals surface area contributed by atoms with E-state index < -0.39 is 0 Å². The topological polar surface area (TPSA) is 12.0 Å². The van der Waals surface area contributed by atoms with E-state index in [4.69, 9.17) is 11.6 Å². The van der Waals surface area contributed by atoms with Crippen LogP contribution in [0.3, 0.4) is 0 Å². The van der Waals surface area contributed by atoms with Crippen LogP contribution in [0.4, 0.5) is 0 Å². The van der Waals surface area contributed by atoms with Crippen LogP contribution in [0.5, 0.6) is 0 Å². The molecule has 2 atom stereocenters. The van der Waals surface area contributed by atoms with E-state index in [-0.39, 0.29) is 0 Å². The standard InChI is InChI=1S/C16H26ClN/c1-5-8-12(3)16(18-11-6-2)14-9-7-10-15(17)13(14)4/h7,9-10,12,16,18H,5-6,8,11H2,1-4H3. The highest BCUT2D eigenvalue weighted by molar-refractivity contribution is 6.31. The average Bonchev–Trinajstić information content (AvgIpc) is 2.35. The Hall–Kier alpha value is -0.530. The van der Waals surface area contributed by atoms with Crippen molar-refractivity contribution in [3.8, 4) is 0 Å². The Labute approximate surface area is 117 Å². The molecule has 0 radical (unpaired) electrons. The molecule has 0 saturated carbocycles. The molecule has 0 amide bonds. The smallest absolute Gasteiger partial charge is 0.0438 e. The molecule has 102 valence electrons. The first kappa shape index (κ1) is 15.5. The van der Waals surface area contributed by atoms with Gasteiger partial charge in [0.15, 0.2) is 0 Å². The lowest BCUT2D eigenvalue weighted by molar-refractivity contribution is 0.362. The Morgan fingerprint density at radius 2 is 1.94 bits per heavy atom. The summed E-state index contributed by atoms with van der Waals surface area (Å²) in [7, 11) is 0. The summed E-state index contributed by atoms with van der Waals surface area (Å²) in [6, 6.07) is 6.66. The quantitative estimate of drug-likeness (QED) is 0.723. The number of hydrogen-bond donors (Lipinski definition) is 1. The fraction of sp³-hybridized carbons (Fsp3) is 0.625. The number of halogens is 1. The fourth-order valence-electron chi connectivity index (χ4n) is 2.50. The van der Waals surface area contributed by atoms with Gasteiger partial charge in [0.2, 0.25) is 0 Å². The van der Waals surface area contributed by atoms with Gasteiger partial charge in [-0.3, -0.25) is 0 Å². The molecular weight excluding hydrogens is 242 g/mol. The summed E-state index contributed by atoms with van der Waals surface area (Å²) < 4.78 is 0. The monoisotopic (exact) mass is 267 g/mol. The van der Waals surface area contributed by atoms with Gasteiger partial charge in [0.25, 0.3) is 0 Å². The molecule has 2 unspecified atom stereocenters. The first-order valence-electron chi connectivity index (χ1n) is 7.10. The summed E-state index contributed by atoms with van der Waals surface area (Å²) in [4.78, 5) is 0. The van der Waals surface area contributed by atoms with Crippen LogP contribution in [0.2, 0.25) is 5.02 Å². The summed E-state index contributed by atoms with van der Waals surface area (Å²) in [6.07, 6.45) is 3.63. The van der Waals surface area contributed by atoms with Gasteiger partial charge in [0, 0.05) is 11.1 Å². The van der Waals surface area contributed by atoms with Gasteiger partial charge in [-0.15, -0.1) is 0 Å². The van der Waals surface area contributed by atoms with Gasteiger partial charge in [0.05, 0.1) is 0 Å². The van der Waals surface area contributed by atoms with Crippen molar-refractivity contribution in [2.75, 3.05) is 6.54 Å². The molecule has 0 bridgehead atoms. The molecular formula is C16H26ClN. The number of benzene rings is 1. The van der Waals surface area contributed by atoms with Gasteiger partial charge in [-0.05, 0) is 49.4 Å². The second-order valence-electron chi connectivity index (χ2n) is 5.15. The van der Waals surface area contributed by atoms with Crippen LogP contribution in [-0.2, 0) is 0 Å². The van der Waals surface area contributed by atoms with Crippen molar-refractivity contribution in [2.45, 2.75) is 53.0 Å². The Balaban J connectivity index is 2.97. The lowest BCUT2D eigenvalue weighted by atomic mass is 9.88. The second-order valence-corrected chi connectivity index (χ2v) is 5.56. The van der Waals surface area contributed by atoms with E-state index in [2.05, 4.69) is 45.1 Å². The molecule has 0 spiro atoms. The average molecular weight is 268 g/mol. The zero-order valence-electron chi connectivity index (χ0n) is 12.1. The van der Waals surface area contributed by atoms with Gasteiger partial charge in [-0.2, -0.15) is 0 Å². The normalized spacial score (nSPS) is 14.5. The molecule has 0 aromatic heterocycles. The van der Waals surface area contributed by atoms with Crippen LogP contribution >= 0.6 is 11.6 Å². The summed E-state index contributed by atoms with van der Waals surface area (Å²) in [5, 5.41) is 4.55. The van der Waals surface area contributed by atoms with Crippen LogP contribution in [-0.4, -0.2) is 6.54 Å². The number of rotatable bonds is 7. The van der Waals surface area contributed by atoms with Gasteiger partial charge in [0.1, 0.15) is 0 Å². The van der Waals surface area contributed by atoms with Crippen molar-refractivity contribution in [1.29, 1.82) is 0 Å². The SMILES string of the molecule is CCCNC(c1cccc(Cl)c1C)C(C)CCC. The highest BCUT2D eigenvalue weighted by atomic mass is 35.5. The van der Waals surface area contributed by atoms with Gasteiger partial charge < -0.3 is 5.32 Å². The van der Waals surface area contributed by atoms with Crippen LogP contribution in [0.1, 0.15) is 57.2 Å². The van der Waals surface area contributed by atoms with Crippen molar-refractivity contribution >= 4 is 11.6 Å². The molecule has 1 rings (SSSR count). The largest absolute Gasteiger partial charge is 0.310 e. The first-order chi connectivity index (χ1) is 8.61. The maximum atomic E-state index is 6.25. The predicted octanol–water partition coefficient (Wildman–Crippen LogP) is 5.13. The molecule has 0 aliphatic rings. The van der Waals surface area contributed by atoms with E-state index in [1.807, 2.05) is 6.07 Å². The zero-order valence-corrected chi connectivity index (χ0v) is 12.8. The van der Waals surface area contributed by atoms with Crippen molar-refractivity contribution < 1.29 is 0 Å². The number of nitrogens with one attached hydrogen (secondary N) is 1. The molecule has 2 heteroatoms. The molecule has 0 heterocycles. The first-order valence-corrected chi connectivity index (χ1v) is 7.48. The minimum Gasteiger partial charge on any atom is -0.310 e.